The van der Waals surface area contributed by atoms with Crippen LogP contribution in [0.1, 0.15) is 73.0 Å². The van der Waals surface area contributed by atoms with E-state index in [1.807, 2.05) is 0 Å². The van der Waals surface area contributed by atoms with Crippen LogP contribution >= 0.6 is 11.3 Å². The lowest BCUT2D eigenvalue weighted by Crippen LogP contribution is -2.14. The molecule has 0 aliphatic carbocycles. The average Bonchev–Trinajstić information content (AvgIpc) is 3.43. The second-order valence-corrected chi connectivity index (χ2v) is 8.31. The number of furan rings is 1. The van der Waals surface area contributed by atoms with Gasteiger partial charge in [-0.1, -0.05) is 0 Å². The SMILES string of the molecule is CCOC(=O)c1sc(NC(=O)c2ccc(COc3ccc(C(C)=O)cc3)o2)c(C(=O)OCC)c1C. The van der Waals surface area contributed by atoms with Gasteiger partial charge < -0.3 is 23.9 Å². The number of benzene rings is 1. The van der Waals surface area contributed by atoms with E-state index in [1.165, 1.54) is 13.0 Å². The Labute approximate surface area is 206 Å². The fourth-order valence-electron chi connectivity index (χ4n) is 3.12. The number of esters is 2. The molecule has 3 aromatic rings. The van der Waals surface area contributed by atoms with Gasteiger partial charge in [0.1, 0.15) is 28.0 Å². The smallest absolute Gasteiger partial charge is 0.348 e. The number of rotatable bonds is 10. The molecule has 2 aromatic heterocycles. The Morgan fingerprint density at radius 2 is 1.60 bits per heavy atom. The number of anilines is 1. The van der Waals surface area contributed by atoms with Crippen molar-refractivity contribution in [1.82, 2.24) is 0 Å². The van der Waals surface area contributed by atoms with Crippen molar-refractivity contribution in [3.05, 3.63) is 69.5 Å². The van der Waals surface area contributed by atoms with Crippen LogP contribution in [0.5, 0.6) is 5.75 Å². The van der Waals surface area contributed by atoms with Crippen molar-refractivity contribution in [3.63, 3.8) is 0 Å². The zero-order valence-corrected chi connectivity index (χ0v) is 20.6. The first-order valence-electron chi connectivity index (χ1n) is 10.9. The van der Waals surface area contributed by atoms with Gasteiger partial charge in [0.05, 0.1) is 18.8 Å². The van der Waals surface area contributed by atoms with Gasteiger partial charge in [-0.05, 0) is 69.7 Å². The topological polar surface area (TPSA) is 121 Å². The molecular weight excluding hydrogens is 474 g/mol. The van der Waals surface area contributed by atoms with Crippen LogP contribution < -0.4 is 10.1 Å². The zero-order chi connectivity index (χ0) is 25.5. The summed E-state index contributed by atoms with van der Waals surface area (Å²) in [6.45, 7) is 6.78. The minimum absolute atomic E-state index is 0.00549. The molecule has 0 radical (unpaired) electrons. The van der Waals surface area contributed by atoms with E-state index >= 15 is 0 Å². The predicted octanol–water partition coefficient (Wildman–Crippen LogP) is 5.04. The van der Waals surface area contributed by atoms with Crippen molar-refractivity contribution in [3.8, 4) is 5.75 Å². The van der Waals surface area contributed by atoms with Crippen molar-refractivity contribution in [2.75, 3.05) is 18.5 Å². The molecule has 10 heteroatoms. The average molecular weight is 500 g/mol. The van der Waals surface area contributed by atoms with E-state index in [1.54, 1.807) is 51.1 Å². The molecular formula is C25H25NO8S. The Bertz CT molecular complexity index is 1240. The second-order valence-electron chi connectivity index (χ2n) is 7.29. The monoisotopic (exact) mass is 499 g/mol. The van der Waals surface area contributed by atoms with Crippen LogP contribution in [0.3, 0.4) is 0 Å². The first-order valence-corrected chi connectivity index (χ1v) is 11.7. The van der Waals surface area contributed by atoms with Gasteiger partial charge >= 0.3 is 11.9 Å². The number of ketones is 1. The molecule has 0 saturated carbocycles. The van der Waals surface area contributed by atoms with Crippen LogP contribution in [0.4, 0.5) is 5.00 Å². The lowest BCUT2D eigenvalue weighted by atomic mass is 10.1. The van der Waals surface area contributed by atoms with Gasteiger partial charge in [0.2, 0.25) is 0 Å². The predicted molar refractivity (Wildman–Crippen MR) is 128 cm³/mol. The summed E-state index contributed by atoms with van der Waals surface area (Å²) in [5.41, 5.74) is 1.04. The molecule has 3 rings (SSSR count). The Balaban J connectivity index is 1.73. The first-order chi connectivity index (χ1) is 16.7. The normalized spacial score (nSPS) is 10.5. The fraction of sp³-hybridized carbons (Fsp3) is 0.280. The summed E-state index contributed by atoms with van der Waals surface area (Å²) in [5.74, 6) is -0.965. The maximum Gasteiger partial charge on any atom is 0.348 e. The number of thiophene rings is 1. The van der Waals surface area contributed by atoms with Gasteiger partial charge in [0, 0.05) is 5.56 Å². The molecule has 1 aromatic carbocycles. The third-order valence-electron chi connectivity index (χ3n) is 4.84. The van der Waals surface area contributed by atoms with Crippen molar-refractivity contribution in [1.29, 1.82) is 0 Å². The highest BCUT2D eigenvalue weighted by molar-refractivity contribution is 7.18. The molecule has 0 aliphatic rings. The number of ether oxygens (including phenoxy) is 3. The number of carbonyl (C=O) groups is 4. The fourth-order valence-corrected chi connectivity index (χ4v) is 4.21. The lowest BCUT2D eigenvalue weighted by molar-refractivity contribution is 0.0527. The third kappa shape index (κ3) is 6.15. The van der Waals surface area contributed by atoms with Crippen LogP contribution in [0.2, 0.25) is 0 Å². The van der Waals surface area contributed by atoms with Crippen LogP contribution in [0.25, 0.3) is 0 Å². The van der Waals surface area contributed by atoms with Crippen LogP contribution in [-0.4, -0.2) is 36.8 Å². The Hall–Kier alpha value is -3.92. The van der Waals surface area contributed by atoms with Crippen LogP contribution in [0, 0.1) is 6.92 Å². The largest absolute Gasteiger partial charge is 0.486 e. The molecule has 1 N–H and O–H groups in total. The molecule has 1 amide bonds. The van der Waals surface area contributed by atoms with E-state index in [0.717, 1.165) is 11.3 Å². The highest BCUT2D eigenvalue weighted by atomic mass is 32.1. The first kappa shape index (κ1) is 25.7. The summed E-state index contributed by atoms with van der Waals surface area (Å²) in [6.07, 6.45) is 0. The van der Waals surface area contributed by atoms with Gasteiger partial charge in [-0.25, -0.2) is 9.59 Å². The number of hydrogen-bond acceptors (Lipinski definition) is 9. The molecule has 0 saturated heterocycles. The standard InChI is InChI=1S/C25H25NO8S/c1-5-31-24(29)20-14(3)21(25(30)32-6-2)35-23(20)26-22(28)19-12-11-18(34-19)13-33-17-9-7-16(8-10-17)15(4)27/h7-12H,5-6,13H2,1-4H3,(H,26,28). The molecule has 0 bridgehead atoms. The summed E-state index contributed by atoms with van der Waals surface area (Å²) in [7, 11) is 0. The molecule has 184 valence electrons. The summed E-state index contributed by atoms with van der Waals surface area (Å²) >= 11 is 0.931. The van der Waals surface area contributed by atoms with Gasteiger partial charge in [-0.15, -0.1) is 11.3 Å². The number of nitrogens with one attached hydrogen (secondary N) is 1. The highest BCUT2D eigenvalue weighted by Crippen LogP contribution is 2.34. The van der Waals surface area contributed by atoms with E-state index in [4.69, 9.17) is 18.6 Å². The van der Waals surface area contributed by atoms with Crippen molar-refractivity contribution < 1.29 is 37.8 Å². The minimum atomic E-state index is -0.656. The second kappa shape index (κ2) is 11.5. The molecule has 2 heterocycles. The molecule has 0 aliphatic heterocycles. The Morgan fingerprint density at radius 3 is 2.23 bits per heavy atom. The zero-order valence-electron chi connectivity index (χ0n) is 19.8. The van der Waals surface area contributed by atoms with Crippen LogP contribution in [0.15, 0.2) is 40.8 Å². The van der Waals surface area contributed by atoms with Crippen molar-refractivity contribution >= 4 is 40.0 Å². The van der Waals surface area contributed by atoms with E-state index < -0.39 is 17.8 Å². The van der Waals surface area contributed by atoms with Gasteiger partial charge in [-0.3, -0.25) is 9.59 Å². The third-order valence-corrected chi connectivity index (χ3v) is 6.03. The maximum absolute atomic E-state index is 12.8. The number of Topliss-reactive ketones (excluding diaryl/α,β-unsaturated/α-hetero) is 1. The number of carbonyl (C=O) groups excluding carboxylic acids is 4. The molecule has 0 spiro atoms. The summed E-state index contributed by atoms with van der Waals surface area (Å²) < 4.78 is 21.4. The van der Waals surface area contributed by atoms with Crippen molar-refractivity contribution in [2.45, 2.75) is 34.3 Å². The molecule has 35 heavy (non-hydrogen) atoms. The van der Waals surface area contributed by atoms with Crippen LogP contribution in [-0.2, 0) is 16.1 Å². The van der Waals surface area contributed by atoms with Gasteiger partial charge in [0.25, 0.3) is 5.91 Å². The summed E-state index contributed by atoms with van der Waals surface area (Å²) in [6, 6.07) is 9.73. The lowest BCUT2D eigenvalue weighted by Gasteiger charge is -2.06. The summed E-state index contributed by atoms with van der Waals surface area (Å²) in [5, 5.41) is 2.79. The van der Waals surface area contributed by atoms with Crippen molar-refractivity contribution in [2.24, 2.45) is 0 Å². The summed E-state index contributed by atoms with van der Waals surface area (Å²) in [4.78, 5) is 49.2. The number of amides is 1. The molecule has 0 fully saturated rings. The van der Waals surface area contributed by atoms with E-state index in [2.05, 4.69) is 5.32 Å². The highest BCUT2D eigenvalue weighted by Gasteiger charge is 2.28. The molecule has 9 nitrogen and oxygen atoms in total. The van der Waals surface area contributed by atoms with Gasteiger partial charge in [-0.2, -0.15) is 0 Å². The van der Waals surface area contributed by atoms with E-state index in [-0.39, 0.29) is 46.8 Å². The Kier molecular flexibility index (Phi) is 8.43. The minimum Gasteiger partial charge on any atom is -0.486 e. The van der Waals surface area contributed by atoms with E-state index in [9.17, 15) is 19.2 Å². The Morgan fingerprint density at radius 1 is 0.943 bits per heavy atom. The van der Waals surface area contributed by atoms with E-state index in [0.29, 0.717) is 22.6 Å². The number of hydrogen-bond donors (Lipinski definition) is 1. The molecule has 0 unspecified atom stereocenters. The maximum atomic E-state index is 12.8. The van der Waals surface area contributed by atoms with Gasteiger partial charge in [0.15, 0.2) is 11.5 Å². The molecule has 0 atom stereocenters. The quantitative estimate of drug-likeness (QED) is 0.304.